The number of hydrogen-bond acceptors (Lipinski definition) is 3. The lowest BCUT2D eigenvalue weighted by Crippen LogP contribution is -2.08. The zero-order valence-corrected chi connectivity index (χ0v) is 7.46. The van der Waals surface area contributed by atoms with Gasteiger partial charge in [-0.3, -0.25) is 4.79 Å². The fraction of sp³-hybridized carbons (Fsp3) is 0.556. The third-order valence-electron chi connectivity index (χ3n) is 1.90. The van der Waals surface area contributed by atoms with E-state index in [1.807, 2.05) is 6.92 Å². The van der Waals surface area contributed by atoms with Crippen LogP contribution in [0.1, 0.15) is 26.2 Å². The van der Waals surface area contributed by atoms with Crippen LogP contribution in [0.25, 0.3) is 0 Å². The summed E-state index contributed by atoms with van der Waals surface area (Å²) >= 11 is 0. The van der Waals surface area contributed by atoms with Gasteiger partial charge in [0.2, 0.25) is 0 Å². The van der Waals surface area contributed by atoms with Crippen LogP contribution in [0.15, 0.2) is 16.8 Å². The number of rotatable bonds is 2. The Labute approximate surface area is 72.1 Å². The monoisotopic (exact) mass is 167 g/mol. The summed E-state index contributed by atoms with van der Waals surface area (Å²) in [5.74, 6) is 0.196. The van der Waals surface area contributed by atoms with E-state index in [4.69, 9.17) is 0 Å². The van der Waals surface area contributed by atoms with E-state index in [1.165, 1.54) is 7.11 Å². The Hall–Kier alpha value is -1.12. The number of carbonyl (C=O) groups is 1. The summed E-state index contributed by atoms with van der Waals surface area (Å²) in [5, 5.41) is 3.78. The average molecular weight is 167 g/mol. The minimum atomic E-state index is 0.196. The fourth-order valence-corrected chi connectivity index (χ4v) is 1.27. The van der Waals surface area contributed by atoms with Crippen molar-refractivity contribution in [1.82, 2.24) is 0 Å². The Morgan fingerprint density at radius 3 is 2.92 bits per heavy atom. The topological polar surface area (TPSA) is 38.7 Å². The van der Waals surface area contributed by atoms with Gasteiger partial charge < -0.3 is 4.84 Å². The SMILES string of the molecule is CO/N=C(\C)C1=CC(=O)CCC1. The smallest absolute Gasteiger partial charge is 0.156 e. The molecule has 0 N–H and O–H groups in total. The van der Waals surface area contributed by atoms with E-state index >= 15 is 0 Å². The van der Waals surface area contributed by atoms with Gasteiger partial charge in [-0.15, -0.1) is 0 Å². The molecule has 0 aromatic heterocycles. The quantitative estimate of drug-likeness (QED) is 0.463. The standard InChI is InChI=1S/C9H13NO2/c1-7(10-12-2)8-4-3-5-9(11)6-8/h6H,3-5H2,1-2H3/b10-7+. The minimum absolute atomic E-state index is 0.196. The van der Waals surface area contributed by atoms with E-state index in [-0.39, 0.29) is 5.78 Å². The summed E-state index contributed by atoms with van der Waals surface area (Å²) < 4.78 is 0. The van der Waals surface area contributed by atoms with Crippen molar-refractivity contribution in [3.05, 3.63) is 11.6 Å². The van der Waals surface area contributed by atoms with Gasteiger partial charge in [-0.25, -0.2) is 0 Å². The van der Waals surface area contributed by atoms with E-state index < -0.39 is 0 Å². The molecule has 0 aromatic carbocycles. The molecule has 1 rings (SSSR count). The van der Waals surface area contributed by atoms with Crippen molar-refractivity contribution >= 4 is 11.5 Å². The summed E-state index contributed by atoms with van der Waals surface area (Å²) in [7, 11) is 1.51. The molecule has 0 bridgehead atoms. The number of ketones is 1. The highest BCUT2D eigenvalue weighted by Gasteiger charge is 2.11. The first-order chi connectivity index (χ1) is 5.74. The first-order valence-corrected chi connectivity index (χ1v) is 4.05. The van der Waals surface area contributed by atoms with Crippen LogP contribution < -0.4 is 0 Å². The normalized spacial score (nSPS) is 19.0. The number of oxime groups is 1. The minimum Gasteiger partial charge on any atom is -0.399 e. The van der Waals surface area contributed by atoms with Gasteiger partial charge in [0.25, 0.3) is 0 Å². The maximum absolute atomic E-state index is 11.0. The first-order valence-electron chi connectivity index (χ1n) is 4.05. The number of nitrogens with zero attached hydrogens (tertiary/aromatic N) is 1. The van der Waals surface area contributed by atoms with Gasteiger partial charge in [0.05, 0.1) is 5.71 Å². The van der Waals surface area contributed by atoms with Crippen molar-refractivity contribution in [2.75, 3.05) is 7.11 Å². The summed E-state index contributed by atoms with van der Waals surface area (Å²) in [6, 6.07) is 0. The summed E-state index contributed by atoms with van der Waals surface area (Å²) in [6.07, 6.45) is 4.21. The zero-order chi connectivity index (χ0) is 8.97. The highest BCUT2D eigenvalue weighted by Crippen LogP contribution is 2.16. The molecule has 0 heterocycles. The summed E-state index contributed by atoms with van der Waals surface area (Å²) in [4.78, 5) is 15.6. The molecule has 0 atom stereocenters. The molecule has 0 fully saturated rings. The van der Waals surface area contributed by atoms with E-state index in [1.54, 1.807) is 6.08 Å². The van der Waals surface area contributed by atoms with Crippen LogP contribution in [0.5, 0.6) is 0 Å². The second-order valence-corrected chi connectivity index (χ2v) is 2.85. The highest BCUT2D eigenvalue weighted by molar-refractivity contribution is 6.05. The van der Waals surface area contributed by atoms with Crippen molar-refractivity contribution in [3.8, 4) is 0 Å². The van der Waals surface area contributed by atoms with Crippen LogP contribution >= 0.6 is 0 Å². The van der Waals surface area contributed by atoms with Gasteiger partial charge in [0, 0.05) is 6.42 Å². The van der Waals surface area contributed by atoms with Crippen LogP contribution in [0.4, 0.5) is 0 Å². The number of hydrogen-bond donors (Lipinski definition) is 0. The van der Waals surface area contributed by atoms with Crippen molar-refractivity contribution in [2.45, 2.75) is 26.2 Å². The molecule has 0 saturated heterocycles. The van der Waals surface area contributed by atoms with Crippen molar-refractivity contribution < 1.29 is 9.63 Å². The molecule has 1 aliphatic rings. The summed E-state index contributed by atoms with van der Waals surface area (Å²) in [6.45, 7) is 1.86. The van der Waals surface area contributed by atoms with Gasteiger partial charge in [-0.1, -0.05) is 5.16 Å². The average Bonchev–Trinajstić information content (AvgIpc) is 2.05. The molecule has 3 nitrogen and oxygen atoms in total. The molecular weight excluding hydrogens is 154 g/mol. The third-order valence-corrected chi connectivity index (χ3v) is 1.90. The van der Waals surface area contributed by atoms with Crippen LogP contribution in [-0.4, -0.2) is 18.6 Å². The van der Waals surface area contributed by atoms with E-state index in [9.17, 15) is 4.79 Å². The van der Waals surface area contributed by atoms with Gasteiger partial charge in [0.1, 0.15) is 7.11 Å². The second-order valence-electron chi connectivity index (χ2n) is 2.85. The number of allylic oxidation sites excluding steroid dienone is 2. The van der Waals surface area contributed by atoms with Gasteiger partial charge in [-0.05, 0) is 31.4 Å². The van der Waals surface area contributed by atoms with Crippen molar-refractivity contribution in [3.63, 3.8) is 0 Å². The maximum atomic E-state index is 11.0. The predicted octanol–water partition coefficient (Wildman–Crippen LogP) is 1.69. The molecule has 0 spiro atoms. The van der Waals surface area contributed by atoms with Gasteiger partial charge in [0.15, 0.2) is 5.78 Å². The largest absolute Gasteiger partial charge is 0.399 e. The Balaban J connectivity index is 2.74. The lowest BCUT2D eigenvalue weighted by atomic mass is 9.96. The second kappa shape index (κ2) is 4.04. The molecule has 0 unspecified atom stereocenters. The lowest BCUT2D eigenvalue weighted by molar-refractivity contribution is -0.115. The molecule has 12 heavy (non-hydrogen) atoms. The van der Waals surface area contributed by atoms with E-state index in [2.05, 4.69) is 9.99 Å². The molecular formula is C9H13NO2. The Bertz CT molecular complexity index is 241. The first kappa shape index (κ1) is 8.97. The Kier molecular flexibility index (Phi) is 3.02. The molecule has 1 aliphatic carbocycles. The van der Waals surface area contributed by atoms with Crippen LogP contribution in [-0.2, 0) is 9.63 Å². The highest BCUT2D eigenvalue weighted by atomic mass is 16.6. The van der Waals surface area contributed by atoms with Crippen LogP contribution in [0.2, 0.25) is 0 Å². The maximum Gasteiger partial charge on any atom is 0.156 e. The molecule has 0 aromatic rings. The Morgan fingerprint density at radius 1 is 1.58 bits per heavy atom. The van der Waals surface area contributed by atoms with Crippen molar-refractivity contribution in [1.29, 1.82) is 0 Å². The van der Waals surface area contributed by atoms with E-state index in [0.29, 0.717) is 6.42 Å². The van der Waals surface area contributed by atoms with Crippen LogP contribution in [0, 0.1) is 0 Å². The molecule has 0 amide bonds. The zero-order valence-electron chi connectivity index (χ0n) is 7.46. The number of carbonyl (C=O) groups excluding carboxylic acids is 1. The molecule has 66 valence electrons. The van der Waals surface area contributed by atoms with Gasteiger partial charge >= 0.3 is 0 Å². The van der Waals surface area contributed by atoms with Crippen LogP contribution in [0.3, 0.4) is 0 Å². The Morgan fingerprint density at radius 2 is 2.33 bits per heavy atom. The third kappa shape index (κ3) is 2.19. The predicted molar refractivity (Wildman–Crippen MR) is 47.1 cm³/mol. The fourth-order valence-electron chi connectivity index (χ4n) is 1.27. The van der Waals surface area contributed by atoms with Gasteiger partial charge in [-0.2, -0.15) is 0 Å². The molecule has 0 saturated carbocycles. The molecule has 0 aliphatic heterocycles. The van der Waals surface area contributed by atoms with Crippen molar-refractivity contribution in [2.24, 2.45) is 5.16 Å². The molecule has 0 radical (unpaired) electrons. The lowest BCUT2D eigenvalue weighted by Gasteiger charge is -2.10. The van der Waals surface area contributed by atoms with E-state index in [0.717, 1.165) is 24.1 Å². The summed E-state index contributed by atoms with van der Waals surface area (Å²) in [5.41, 5.74) is 1.82. The molecule has 3 heteroatoms.